The summed E-state index contributed by atoms with van der Waals surface area (Å²) in [5.74, 6) is 2.65. The number of thioether (sulfide) groups is 1. The van der Waals surface area contributed by atoms with Crippen molar-refractivity contribution in [3.63, 3.8) is 0 Å². The number of carbonyl (C=O) groups excluding carboxylic acids is 1. The number of carbonyl (C=O) groups is 1. The molecule has 0 aromatic heterocycles. The van der Waals surface area contributed by atoms with Gasteiger partial charge < -0.3 is 10.8 Å². The van der Waals surface area contributed by atoms with Crippen molar-refractivity contribution in [1.82, 2.24) is 0 Å². The van der Waals surface area contributed by atoms with Gasteiger partial charge >= 0.3 is 0 Å². The van der Waals surface area contributed by atoms with E-state index in [4.69, 9.17) is 5.73 Å². The highest BCUT2D eigenvalue weighted by Crippen LogP contribution is 2.33. The zero-order valence-electron chi connectivity index (χ0n) is 17.0. The number of hydrogen-bond donors (Lipinski definition) is 2. The highest BCUT2D eigenvalue weighted by Gasteiger charge is 2.13. The fourth-order valence-electron chi connectivity index (χ4n) is 3.13. The van der Waals surface area contributed by atoms with Crippen LogP contribution in [0.5, 0.6) is 5.75 Å². The monoisotopic (exact) mass is 379 g/mol. The Balaban J connectivity index is 2.26. The van der Waals surface area contributed by atoms with Crippen LogP contribution in [0.2, 0.25) is 0 Å². The van der Waals surface area contributed by atoms with Crippen LogP contribution in [0, 0.1) is 17.8 Å². The number of rotatable bonds is 13. The van der Waals surface area contributed by atoms with Crippen LogP contribution in [-0.4, -0.2) is 16.8 Å². The van der Waals surface area contributed by atoms with Gasteiger partial charge in [-0.1, -0.05) is 72.3 Å². The van der Waals surface area contributed by atoms with Crippen LogP contribution in [0.1, 0.15) is 83.0 Å². The molecule has 3 nitrogen and oxygen atoms in total. The second-order valence-corrected chi connectivity index (χ2v) is 8.97. The number of nitrogens with two attached hydrogens (primary N) is 1. The highest BCUT2D eigenvalue weighted by atomic mass is 32.2. The molecular weight excluding hydrogens is 342 g/mol. The average Bonchev–Trinajstić information content (AvgIpc) is 2.60. The van der Waals surface area contributed by atoms with Crippen LogP contribution in [0.3, 0.4) is 0 Å². The zero-order valence-corrected chi connectivity index (χ0v) is 17.8. The topological polar surface area (TPSA) is 63.3 Å². The summed E-state index contributed by atoms with van der Waals surface area (Å²) in [6.07, 6.45) is 9.14. The molecule has 1 amide bonds. The van der Waals surface area contributed by atoms with Crippen molar-refractivity contribution in [2.75, 3.05) is 5.75 Å². The van der Waals surface area contributed by atoms with Crippen molar-refractivity contribution >= 4 is 17.7 Å². The maximum atomic E-state index is 11.3. The summed E-state index contributed by atoms with van der Waals surface area (Å²) in [7, 11) is 0. The summed E-state index contributed by atoms with van der Waals surface area (Å²) in [5, 5.41) is 10.1. The lowest BCUT2D eigenvalue weighted by Crippen LogP contribution is -2.11. The van der Waals surface area contributed by atoms with Crippen LogP contribution < -0.4 is 5.73 Å². The van der Waals surface area contributed by atoms with Crippen LogP contribution in [0.25, 0.3) is 0 Å². The fraction of sp³-hybridized carbons (Fsp3) is 0.682. The van der Waals surface area contributed by atoms with Crippen molar-refractivity contribution in [2.45, 2.75) is 77.5 Å². The van der Waals surface area contributed by atoms with Gasteiger partial charge in [-0.3, -0.25) is 4.79 Å². The molecule has 0 aliphatic heterocycles. The molecule has 0 saturated heterocycles. The number of para-hydroxylation sites is 1. The third-order valence-electron chi connectivity index (χ3n) is 5.27. The maximum absolute atomic E-state index is 11.3. The third-order valence-corrected chi connectivity index (χ3v) is 6.65. The van der Waals surface area contributed by atoms with Crippen molar-refractivity contribution in [3.8, 4) is 5.75 Å². The Morgan fingerprint density at radius 3 is 2.19 bits per heavy atom. The molecule has 3 atom stereocenters. The molecule has 0 spiro atoms. The standard InChI is InChI=1S/C22H37NO2S/c1-5-16(2)9-6-10-17(3)11-7-12-18(4)15-26-20-14-8-13-19(21(20)24)22(23)25/h8,13-14,16-18,24H,5-7,9-12,15H2,1-4H3,(H2,23,25). The van der Waals surface area contributed by atoms with Gasteiger partial charge in [-0.05, 0) is 36.3 Å². The van der Waals surface area contributed by atoms with E-state index in [-0.39, 0.29) is 11.3 Å². The smallest absolute Gasteiger partial charge is 0.252 e. The van der Waals surface area contributed by atoms with Crippen molar-refractivity contribution in [3.05, 3.63) is 23.8 Å². The summed E-state index contributed by atoms with van der Waals surface area (Å²) in [5.41, 5.74) is 5.49. The number of amides is 1. The number of hydrogen-bond acceptors (Lipinski definition) is 3. The highest BCUT2D eigenvalue weighted by molar-refractivity contribution is 7.99. The van der Waals surface area contributed by atoms with Gasteiger partial charge in [-0.2, -0.15) is 0 Å². The second kappa shape index (κ2) is 12.3. The molecule has 4 heteroatoms. The molecule has 3 N–H and O–H groups in total. The summed E-state index contributed by atoms with van der Waals surface area (Å²) in [4.78, 5) is 12.0. The Labute approximate surface area is 164 Å². The molecule has 0 fully saturated rings. The lowest BCUT2D eigenvalue weighted by Gasteiger charge is -2.15. The molecule has 1 aromatic carbocycles. The van der Waals surface area contributed by atoms with Crippen LogP contribution in [0.15, 0.2) is 23.1 Å². The van der Waals surface area contributed by atoms with E-state index in [1.807, 2.05) is 6.07 Å². The van der Waals surface area contributed by atoms with Crippen molar-refractivity contribution in [1.29, 1.82) is 0 Å². The Kier molecular flexibility index (Phi) is 10.8. The van der Waals surface area contributed by atoms with E-state index in [1.165, 1.54) is 44.9 Å². The Bertz CT molecular complexity index is 547. The number of primary amides is 1. The van der Waals surface area contributed by atoms with Gasteiger partial charge in [0.1, 0.15) is 5.75 Å². The largest absolute Gasteiger partial charge is 0.506 e. The maximum Gasteiger partial charge on any atom is 0.252 e. The van der Waals surface area contributed by atoms with Crippen LogP contribution in [-0.2, 0) is 0 Å². The molecule has 0 aliphatic rings. The summed E-state index contributed by atoms with van der Waals surface area (Å²) in [6, 6.07) is 5.18. The molecule has 1 aromatic rings. The SMILES string of the molecule is CCC(C)CCCC(C)CCCC(C)CSc1cccc(C(N)=O)c1O. The molecule has 0 aliphatic carbocycles. The van der Waals surface area contributed by atoms with Gasteiger partial charge in [0.15, 0.2) is 0 Å². The molecule has 148 valence electrons. The first-order valence-electron chi connectivity index (χ1n) is 10.1. The molecule has 0 bridgehead atoms. The van der Waals surface area contributed by atoms with E-state index < -0.39 is 5.91 Å². The lowest BCUT2D eigenvalue weighted by atomic mass is 9.93. The average molecular weight is 380 g/mol. The molecule has 26 heavy (non-hydrogen) atoms. The third kappa shape index (κ3) is 8.48. The van der Waals surface area contributed by atoms with E-state index >= 15 is 0 Å². The van der Waals surface area contributed by atoms with E-state index in [9.17, 15) is 9.90 Å². The second-order valence-electron chi connectivity index (χ2n) is 7.91. The molecule has 0 saturated carbocycles. The summed E-state index contributed by atoms with van der Waals surface area (Å²) in [6.45, 7) is 9.26. The van der Waals surface area contributed by atoms with Crippen molar-refractivity contribution < 1.29 is 9.90 Å². The first-order chi connectivity index (χ1) is 12.3. The predicted octanol–water partition coefficient (Wildman–Crippen LogP) is 6.24. The normalized spacial score (nSPS) is 14.8. The zero-order chi connectivity index (χ0) is 19.5. The first kappa shape index (κ1) is 22.9. The van der Waals surface area contributed by atoms with Gasteiger partial charge in [-0.15, -0.1) is 11.8 Å². The molecule has 0 heterocycles. The van der Waals surface area contributed by atoms with Gasteiger partial charge in [0.25, 0.3) is 5.91 Å². The minimum atomic E-state index is -0.583. The Morgan fingerprint density at radius 1 is 1.04 bits per heavy atom. The van der Waals surface area contributed by atoms with Gasteiger partial charge in [0.2, 0.25) is 0 Å². The van der Waals surface area contributed by atoms with Gasteiger partial charge in [0, 0.05) is 10.6 Å². The number of benzene rings is 1. The molecule has 3 unspecified atom stereocenters. The van der Waals surface area contributed by atoms with E-state index in [1.54, 1.807) is 23.9 Å². The molecule has 1 rings (SSSR count). The van der Waals surface area contributed by atoms with Crippen LogP contribution in [0.4, 0.5) is 0 Å². The fourth-order valence-corrected chi connectivity index (χ4v) is 4.18. The number of phenols is 1. The quantitative estimate of drug-likeness (QED) is 0.399. The molecular formula is C22H37NO2S. The van der Waals surface area contributed by atoms with Gasteiger partial charge in [0.05, 0.1) is 5.56 Å². The predicted molar refractivity (Wildman–Crippen MR) is 113 cm³/mol. The lowest BCUT2D eigenvalue weighted by molar-refractivity contribution is 0.0997. The molecule has 0 radical (unpaired) electrons. The Hall–Kier alpha value is -1.16. The Morgan fingerprint density at radius 2 is 1.62 bits per heavy atom. The van der Waals surface area contributed by atoms with Crippen LogP contribution >= 0.6 is 11.8 Å². The first-order valence-corrected chi connectivity index (χ1v) is 11.1. The van der Waals surface area contributed by atoms with Crippen molar-refractivity contribution in [2.24, 2.45) is 23.5 Å². The van der Waals surface area contributed by atoms with Gasteiger partial charge in [-0.25, -0.2) is 0 Å². The van der Waals surface area contributed by atoms with E-state index in [2.05, 4.69) is 27.7 Å². The summed E-state index contributed by atoms with van der Waals surface area (Å²) >= 11 is 1.61. The minimum Gasteiger partial charge on any atom is -0.506 e. The summed E-state index contributed by atoms with van der Waals surface area (Å²) < 4.78 is 0. The number of aromatic hydroxyl groups is 1. The minimum absolute atomic E-state index is 0.0205. The van der Waals surface area contributed by atoms with E-state index in [0.717, 1.165) is 22.5 Å². The van der Waals surface area contributed by atoms with E-state index in [0.29, 0.717) is 5.92 Å².